The van der Waals surface area contributed by atoms with Gasteiger partial charge < -0.3 is 0 Å². The molecule has 0 N–H and O–H groups in total. The van der Waals surface area contributed by atoms with Gasteiger partial charge in [-0.3, -0.25) is 9.78 Å². The van der Waals surface area contributed by atoms with Crippen LogP contribution in [0.15, 0.2) is 36.5 Å². The van der Waals surface area contributed by atoms with Crippen molar-refractivity contribution in [1.82, 2.24) is 4.98 Å². The van der Waals surface area contributed by atoms with Crippen molar-refractivity contribution in [3.8, 4) is 0 Å². The molecule has 1 aromatic heterocycles. The third kappa shape index (κ3) is 2.78. The lowest BCUT2D eigenvalue weighted by atomic mass is 10.1. The van der Waals surface area contributed by atoms with Gasteiger partial charge in [0, 0.05) is 16.8 Å². The van der Waals surface area contributed by atoms with Crippen molar-refractivity contribution in [3.05, 3.63) is 62.9 Å². The number of pyridine rings is 1. The van der Waals surface area contributed by atoms with Crippen molar-refractivity contribution in [2.45, 2.75) is 0 Å². The summed E-state index contributed by atoms with van der Waals surface area (Å²) >= 11 is 17.5. The van der Waals surface area contributed by atoms with E-state index in [1.807, 2.05) is 0 Å². The molecule has 2 aromatic rings. The van der Waals surface area contributed by atoms with Gasteiger partial charge in [0.25, 0.3) is 0 Å². The second kappa shape index (κ2) is 5.05. The summed E-state index contributed by atoms with van der Waals surface area (Å²) in [4.78, 5) is 16.0. The number of benzene rings is 1. The third-order valence-corrected chi connectivity index (χ3v) is 2.92. The Hall–Kier alpha value is -1.09. The fraction of sp³-hybridized carbons (Fsp3) is 0. The fourth-order valence-corrected chi connectivity index (χ4v) is 1.81. The van der Waals surface area contributed by atoms with E-state index < -0.39 is 0 Å². The Morgan fingerprint density at radius 2 is 1.71 bits per heavy atom. The number of hydrogen-bond donors (Lipinski definition) is 0. The molecule has 5 heteroatoms. The predicted molar refractivity (Wildman–Crippen MR) is 69.1 cm³/mol. The quantitative estimate of drug-likeness (QED) is 0.772. The Bertz CT molecular complexity index is 566. The molecule has 0 radical (unpaired) electrons. The van der Waals surface area contributed by atoms with Crippen LogP contribution in [-0.4, -0.2) is 10.8 Å². The minimum Gasteiger partial charge on any atom is -0.287 e. The molecule has 0 atom stereocenters. The van der Waals surface area contributed by atoms with E-state index >= 15 is 0 Å². The SMILES string of the molecule is O=C(c1ccc(Cl)cn1)c1cc(Cl)ccc1Cl. The summed E-state index contributed by atoms with van der Waals surface area (Å²) in [5.74, 6) is -0.283. The third-order valence-electron chi connectivity index (χ3n) is 2.13. The van der Waals surface area contributed by atoms with Crippen molar-refractivity contribution >= 4 is 40.6 Å². The first kappa shape index (κ1) is 12.4. The monoisotopic (exact) mass is 285 g/mol. The zero-order valence-electron chi connectivity index (χ0n) is 8.45. The molecule has 1 heterocycles. The summed E-state index contributed by atoms with van der Waals surface area (Å²) in [6, 6.07) is 7.85. The van der Waals surface area contributed by atoms with E-state index in [1.165, 1.54) is 12.3 Å². The number of nitrogens with zero attached hydrogens (tertiary/aromatic N) is 1. The summed E-state index contributed by atoms with van der Waals surface area (Å²) in [6.45, 7) is 0. The van der Waals surface area contributed by atoms with E-state index in [-0.39, 0.29) is 11.5 Å². The molecule has 0 unspecified atom stereocenters. The molecule has 2 rings (SSSR count). The maximum Gasteiger partial charge on any atom is 0.212 e. The second-order valence-corrected chi connectivity index (χ2v) is 4.60. The van der Waals surface area contributed by atoms with E-state index in [4.69, 9.17) is 34.8 Å². The number of rotatable bonds is 2. The molecule has 0 spiro atoms. The number of carbonyl (C=O) groups is 1. The highest BCUT2D eigenvalue weighted by Crippen LogP contribution is 2.23. The molecule has 0 fully saturated rings. The second-order valence-electron chi connectivity index (χ2n) is 3.31. The molecule has 17 heavy (non-hydrogen) atoms. The topological polar surface area (TPSA) is 30.0 Å². The van der Waals surface area contributed by atoms with Gasteiger partial charge in [0.2, 0.25) is 5.78 Å². The van der Waals surface area contributed by atoms with Gasteiger partial charge in [0.05, 0.1) is 10.0 Å². The Morgan fingerprint density at radius 3 is 2.35 bits per heavy atom. The standard InChI is InChI=1S/C12H6Cl3NO/c13-7-1-3-10(15)9(5-7)12(17)11-4-2-8(14)6-16-11/h1-6H. The average molecular weight is 287 g/mol. The van der Waals surface area contributed by atoms with Crippen LogP contribution < -0.4 is 0 Å². The highest BCUT2D eigenvalue weighted by atomic mass is 35.5. The number of hydrogen-bond acceptors (Lipinski definition) is 2. The van der Waals surface area contributed by atoms with Crippen molar-refractivity contribution < 1.29 is 4.79 Å². The van der Waals surface area contributed by atoms with E-state index in [0.717, 1.165) is 0 Å². The minimum atomic E-state index is -0.283. The molecule has 2 nitrogen and oxygen atoms in total. The maximum atomic E-state index is 12.1. The Balaban J connectivity index is 2.43. The van der Waals surface area contributed by atoms with Crippen LogP contribution in [0.5, 0.6) is 0 Å². The van der Waals surface area contributed by atoms with Crippen LogP contribution >= 0.6 is 34.8 Å². The highest BCUT2D eigenvalue weighted by Gasteiger charge is 2.14. The molecule has 1 aromatic carbocycles. The summed E-state index contributed by atoms with van der Waals surface area (Å²) < 4.78 is 0. The van der Waals surface area contributed by atoms with Crippen LogP contribution in [0.1, 0.15) is 16.1 Å². The average Bonchev–Trinajstić information content (AvgIpc) is 2.32. The summed E-state index contributed by atoms with van der Waals surface area (Å²) in [5.41, 5.74) is 0.604. The van der Waals surface area contributed by atoms with Crippen LogP contribution in [0.25, 0.3) is 0 Å². The normalized spacial score (nSPS) is 10.3. The van der Waals surface area contributed by atoms with Gasteiger partial charge >= 0.3 is 0 Å². The van der Waals surface area contributed by atoms with Crippen LogP contribution in [0, 0.1) is 0 Å². The lowest BCUT2D eigenvalue weighted by molar-refractivity contribution is 0.103. The molecule has 86 valence electrons. The molecule has 0 aliphatic rings. The predicted octanol–water partition coefficient (Wildman–Crippen LogP) is 4.27. The van der Waals surface area contributed by atoms with Crippen molar-refractivity contribution in [2.75, 3.05) is 0 Å². The van der Waals surface area contributed by atoms with Gasteiger partial charge in [-0.2, -0.15) is 0 Å². The number of ketones is 1. The Kier molecular flexibility index (Phi) is 3.67. The van der Waals surface area contributed by atoms with Crippen LogP contribution in [0.3, 0.4) is 0 Å². The summed E-state index contributed by atoms with van der Waals surface area (Å²) in [7, 11) is 0. The summed E-state index contributed by atoms with van der Waals surface area (Å²) in [6.07, 6.45) is 1.41. The molecular formula is C12H6Cl3NO. The largest absolute Gasteiger partial charge is 0.287 e. The zero-order valence-corrected chi connectivity index (χ0v) is 10.7. The van der Waals surface area contributed by atoms with Crippen molar-refractivity contribution in [2.24, 2.45) is 0 Å². The Labute approximate surface area is 113 Å². The molecular weight excluding hydrogens is 280 g/mol. The van der Waals surface area contributed by atoms with Gasteiger partial charge in [-0.25, -0.2) is 0 Å². The lowest BCUT2D eigenvalue weighted by Gasteiger charge is -2.03. The van der Waals surface area contributed by atoms with Gasteiger partial charge in [0.15, 0.2) is 0 Å². The van der Waals surface area contributed by atoms with E-state index in [1.54, 1.807) is 24.3 Å². The molecule has 0 aliphatic carbocycles. The first-order chi connectivity index (χ1) is 8.08. The van der Waals surface area contributed by atoms with Crippen molar-refractivity contribution in [1.29, 1.82) is 0 Å². The van der Waals surface area contributed by atoms with Gasteiger partial charge in [-0.15, -0.1) is 0 Å². The molecule has 0 saturated carbocycles. The van der Waals surface area contributed by atoms with Gasteiger partial charge in [0.1, 0.15) is 5.69 Å². The number of halogens is 3. The number of aromatic nitrogens is 1. The minimum absolute atomic E-state index is 0.276. The van der Waals surface area contributed by atoms with E-state index in [0.29, 0.717) is 20.6 Å². The first-order valence-corrected chi connectivity index (χ1v) is 5.82. The smallest absolute Gasteiger partial charge is 0.212 e. The van der Waals surface area contributed by atoms with E-state index in [9.17, 15) is 4.79 Å². The molecule has 0 bridgehead atoms. The van der Waals surface area contributed by atoms with Gasteiger partial charge in [-0.1, -0.05) is 34.8 Å². The molecule has 0 saturated heterocycles. The van der Waals surface area contributed by atoms with Crippen LogP contribution in [0.4, 0.5) is 0 Å². The molecule has 0 amide bonds. The fourth-order valence-electron chi connectivity index (χ4n) is 1.32. The van der Waals surface area contributed by atoms with Crippen molar-refractivity contribution in [3.63, 3.8) is 0 Å². The van der Waals surface area contributed by atoms with Crippen LogP contribution in [0.2, 0.25) is 15.1 Å². The van der Waals surface area contributed by atoms with Crippen LogP contribution in [-0.2, 0) is 0 Å². The Morgan fingerprint density at radius 1 is 1.00 bits per heavy atom. The first-order valence-electron chi connectivity index (χ1n) is 4.69. The summed E-state index contributed by atoms with van der Waals surface area (Å²) in [5, 5.41) is 1.27. The lowest BCUT2D eigenvalue weighted by Crippen LogP contribution is -2.04. The highest BCUT2D eigenvalue weighted by molar-refractivity contribution is 6.36. The molecule has 0 aliphatic heterocycles. The van der Waals surface area contributed by atoms with Gasteiger partial charge in [-0.05, 0) is 30.3 Å². The van der Waals surface area contributed by atoms with E-state index in [2.05, 4.69) is 4.98 Å². The maximum absolute atomic E-state index is 12.1. The zero-order chi connectivity index (χ0) is 12.4. The number of carbonyl (C=O) groups excluding carboxylic acids is 1.